The van der Waals surface area contributed by atoms with E-state index in [1.807, 2.05) is 16.9 Å². The van der Waals surface area contributed by atoms with Crippen molar-refractivity contribution in [2.24, 2.45) is 0 Å². The van der Waals surface area contributed by atoms with Crippen molar-refractivity contribution in [2.75, 3.05) is 29.9 Å². The van der Waals surface area contributed by atoms with Crippen molar-refractivity contribution in [1.29, 1.82) is 0 Å². The van der Waals surface area contributed by atoms with E-state index in [4.69, 9.17) is 15.1 Å². The van der Waals surface area contributed by atoms with E-state index in [0.29, 0.717) is 5.92 Å². The summed E-state index contributed by atoms with van der Waals surface area (Å²) in [6.45, 7) is 4.07. The summed E-state index contributed by atoms with van der Waals surface area (Å²) in [5, 5.41) is 7.90. The SMILES string of the molecule is CCc1nc2ccc(N3CCC(c4ccccc4)CC3)nn2c1N(C)c1nc(-c2ccc(F)cc2)cs1. The number of halogens is 1. The lowest BCUT2D eigenvalue weighted by molar-refractivity contribution is 0.501. The molecular weight excluding hydrogens is 483 g/mol. The third kappa shape index (κ3) is 4.57. The first-order valence-corrected chi connectivity index (χ1v) is 13.6. The number of hydrogen-bond donors (Lipinski definition) is 0. The molecule has 0 atom stereocenters. The standard InChI is InChI=1S/C29H29FN6S/c1-3-24-28(34(2)29-32-25(19-37-29)22-9-11-23(30)12-10-22)36-26(31-24)13-14-27(33-36)35-17-15-21(16-18-35)20-7-5-4-6-8-20/h4-14,19,21H,3,15-18H2,1-2H3. The minimum absolute atomic E-state index is 0.249. The van der Waals surface area contributed by atoms with Crippen LogP contribution in [0.1, 0.15) is 36.9 Å². The molecule has 1 fully saturated rings. The molecule has 0 radical (unpaired) electrons. The molecule has 0 spiro atoms. The number of imidazole rings is 1. The molecule has 0 bridgehead atoms. The summed E-state index contributed by atoms with van der Waals surface area (Å²) in [6.07, 6.45) is 3.02. The summed E-state index contributed by atoms with van der Waals surface area (Å²) in [4.78, 5) is 14.1. The summed E-state index contributed by atoms with van der Waals surface area (Å²) < 4.78 is 15.3. The number of fused-ring (bicyclic) bond motifs is 1. The second kappa shape index (κ2) is 9.94. The van der Waals surface area contributed by atoms with E-state index in [0.717, 1.165) is 71.7 Å². The lowest BCUT2D eigenvalue weighted by Crippen LogP contribution is -2.33. The Hall–Kier alpha value is -3.78. The number of benzene rings is 2. The van der Waals surface area contributed by atoms with Crippen molar-refractivity contribution in [3.63, 3.8) is 0 Å². The smallest absolute Gasteiger partial charge is 0.191 e. The third-order valence-corrected chi connectivity index (χ3v) is 8.09. The Bertz CT molecular complexity index is 1500. The van der Waals surface area contributed by atoms with E-state index >= 15 is 0 Å². The molecule has 37 heavy (non-hydrogen) atoms. The number of anilines is 3. The van der Waals surface area contributed by atoms with Crippen LogP contribution in [0.25, 0.3) is 16.9 Å². The molecule has 1 saturated heterocycles. The third-order valence-electron chi connectivity index (χ3n) is 7.17. The van der Waals surface area contributed by atoms with Crippen molar-refractivity contribution in [3.8, 4) is 11.3 Å². The number of thiazole rings is 1. The van der Waals surface area contributed by atoms with Gasteiger partial charge in [-0.15, -0.1) is 16.4 Å². The fourth-order valence-electron chi connectivity index (χ4n) is 5.13. The molecule has 3 aromatic heterocycles. The van der Waals surface area contributed by atoms with Crippen molar-refractivity contribution in [1.82, 2.24) is 19.6 Å². The van der Waals surface area contributed by atoms with Crippen LogP contribution in [0, 0.1) is 5.82 Å². The van der Waals surface area contributed by atoms with Gasteiger partial charge in [-0.05, 0) is 67.1 Å². The number of nitrogens with zero attached hydrogens (tertiary/aromatic N) is 6. The Morgan fingerprint density at radius 1 is 0.973 bits per heavy atom. The zero-order chi connectivity index (χ0) is 25.4. The number of aromatic nitrogens is 4. The van der Waals surface area contributed by atoms with Crippen molar-refractivity contribution < 1.29 is 4.39 Å². The van der Waals surface area contributed by atoms with Gasteiger partial charge in [-0.2, -0.15) is 4.52 Å². The van der Waals surface area contributed by atoms with E-state index in [1.165, 1.54) is 17.7 Å². The molecule has 0 saturated carbocycles. The molecular formula is C29H29FN6S. The molecule has 6 rings (SSSR count). The molecule has 2 aromatic carbocycles. The van der Waals surface area contributed by atoms with Gasteiger partial charge in [0.25, 0.3) is 0 Å². The summed E-state index contributed by atoms with van der Waals surface area (Å²) in [6, 6.07) is 21.4. The Morgan fingerprint density at radius 2 is 1.73 bits per heavy atom. The van der Waals surface area contributed by atoms with E-state index in [2.05, 4.69) is 59.2 Å². The summed E-state index contributed by atoms with van der Waals surface area (Å²) in [7, 11) is 2.01. The molecule has 4 heterocycles. The lowest BCUT2D eigenvalue weighted by Gasteiger charge is -2.33. The van der Waals surface area contributed by atoms with Gasteiger partial charge < -0.3 is 9.80 Å². The number of rotatable bonds is 6. The fourth-order valence-corrected chi connectivity index (χ4v) is 5.93. The average molecular weight is 513 g/mol. The monoisotopic (exact) mass is 512 g/mol. The van der Waals surface area contributed by atoms with Gasteiger partial charge in [-0.1, -0.05) is 37.3 Å². The van der Waals surface area contributed by atoms with Crippen LogP contribution in [0.5, 0.6) is 0 Å². The molecule has 0 aliphatic carbocycles. The van der Waals surface area contributed by atoms with Crippen LogP contribution in [0.2, 0.25) is 0 Å². The quantitative estimate of drug-likeness (QED) is 0.253. The van der Waals surface area contributed by atoms with Crippen LogP contribution in [-0.2, 0) is 6.42 Å². The molecule has 8 heteroatoms. The normalized spacial score (nSPS) is 14.4. The average Bonchev–Trinajstić information content (AvgIpc) is 3.59. The highest BCUT2D eigenvalue weighted by atomic mass is 32.1. The minimum Gasteiger partial charge on any atom is -0.355 e. The molecule has 0 unspecified atom stereocenters. The van der Waals surface area contributed by atoms with E-state index in [-0.39, 0.29) is 5.82 Å². The summed E-state index contributed by atoms with van der Waals surface area (Å²) >= 11 is 1.55. The molecule has 188 valence electrons. The van der Waals surface area contributed by atoms with Crippen LogP contribution in [0.3, 0.4) is 0 Å². The zero-order valence-corrected chi connectivity index (χ0v) is 21.8. The predicted octanol–water partition coefficient (Wildman–Crippen LogP) is 6.71. The highest BCUT2D eigenvalue weighted by molar-refractivity contribution is 7.14. The predicted molar refractivity (Wildman–Crippen MR) is 149 cm³/mol. The minimum atomic E-state index is -0.249. The Labute approximate surface area is 220 Å². The Kier molecular flexibility index (Phi) is 6.34. The lowest BCUT2D eigenvalue weighted by atomic mass is 9.89. The van der Waals surface area contributed by atoms with Crippen molar-refractivity contribution >= 4 is 33.8 Å². The van der Waals surface area contributed by atoms with Crippen LogP contribution >= 0.6 is 11.3 Å². The molecule has 1 aliphatic rings. The van der Waals surface area contributed by atoms with Gasteiger partial charge in [-0.25, -0.2) is 14.4 Å². The Balaban J connectivity index is 1.28. The summed E-state index contributed by atoms with van der Waals surface area (Å²) in [5.74, 6) is 2.25. The maximum atomic E-state index is 13.4. The van der Waals surface area contributed by atoms with Crippen LogP contribution in [0.15, 0.2) is 72.1 Å². The van der Waals surface area contributed by atoms with Gasteiger partial charge in [0.15, 0.2) is 16.6 Å². The van der Waals surface area contributed by atoms with Crippen LogP contribution < -0.4 is 9.80 Å². The molecule has 5 aromatic rings. The second-order valence-corrected chi connectivity index (χ2v) is 10.3. The van der Waals surface area contributed by atoms with Gasteiger partial charge >= 0.3 is 0 Å². The molecule has 6 nitrogen and oxygen atoms in total. The van der Waals surface area contributed by atoms with Crippen molar-refractivity contribution in [3.05, 3.63) is 89.2 Å². The van der Waals surface area contributed by atoms with Crippen molar-refractivity contribution in [2.45, 2.75) is 32.1 Å². The molecule has 1 aliphatic heterocycles. The molecule has 0 N–H and O–H groups in total. The maximum absolute atomic E-state index is 13.4. The number of hydrogen-bond acceptors (Lipinski definition) is 6. The van der Waals surface area contributed by atoms with Crippen LogP contribution in [0.4, 0.5) is 21.2 Å². The van der Waals surface area contributed by atoms with Gasteiger partial charge in [0.2, 0.25) is 0 Å². The van der Waals surface area contributed by atoms with Gasteiger partial charge in [0, 0.05) is 31.1 Å². The van der Waals surface area contributed by atoms with Gasteiger partial charge in [0.1, 0.15) is 11.6 Å². The first-order valence-electron chi connectivity index (χ1n) is 12.7. The van der Waals surface area contributed by atoms with Gasteiger partial charge in [-0.3, -0.25) is 0 Å². The topological polar surface area (TPSA) is 49.6 Å². The fraction of sp³-hybridized carbons (Fsp3) is 0.276. The van der Waals surface area contributed by atoms with E-state index in [9.17, 15) is 4.39 Å². The van der Waals surface area contributed by atoms with Crippen LogP contribution in [-0.4, -0.2) is 39.7 Å². The highest BCUT2D eigenvalue weighted by Gasteiger charge is 2.24. The first kappa shape index (κ1) is 23.6. The highest BCUT2D eigenvalue weighted by Crippen LogP contribution is 2.34. The number of aryl methyl sites for hydroxylation is 1. The molecule has 0 amide bonds. The summed E-state index contributed by atoms with van der Waals surface area (Å²) in [5.41, 5.74) is 4.96. The number of piperidine rings is 1. The van der Waals surface area contributed by atoms with E-state index < -0.39 is 0 Å². The zero-order valence-electron chi connectivity index (χ0n) is 21.0. The maximum Gasteiger partial charge on any atom is 0.191 e. The first-order chi connectivity index (χ1) is 18.1. The van der Waals surface area contributed by atoms with Gasteiger partial charge in [0.05, 0.1) is 11.4 Å². The second-order valence-electron chi connectivity index (χ2n) is 9.45. The Morgan fingerprint density at radius 3 is 2.46 bits per heavy atom. The van der Waals surface area contributed by atoms with E-state index in [1.54, 1.807) is 23.5 Å². The largest absolute Gasteiger partial charge is 0.355 e.